The lowest BCUT2D eigenvalue weighted by molar-refractivity contribution is -0.148. The van der Waals surface area contributed by atoms with E-state index in [-0.39, 0.29) is 22.9 Å². The fraction of sp³-hybridized carbons (Fsp3) is 0.810. The van der Waals surface area contributed by atoms with E-state index in [4.69, 9.17) is 4.74 Å². The van der Waals surface area contributed by atoms with Crippen LogP contribution in [0.3, 0.4) is 0 Å². The van der Waals surface area contributed by atoms with Crippen LogP contribution in [0.1, 0.15) is 72.1 Å². The van der Waals surface area contributed by atoms with Crippen LogP contribution in [0.4, 0.5) is 0 Å². The number of hydrogen-bond donors (Lipinski definition) is 0. The topological polar surface area (TPSA) is 43.4 Å². The van der Waals surface area contributed by atoms with Gasteiger partial charge in [0, 0.05) is 25.2 Å². The molecule has 0 aromatic rings. The molecule has 0 radical (unpaired) electrons. The number of esters is 1. The predicted molar refractivity (Wildman–Crippen MR) is 92.3 cm³/mol. The van der Waals surface area contributed by atoms with Gasteiger partial charge in [0.15, 0.2) is 0 Å². The Hall–Kier alpha value is -1.12. The number of Topliss-reactive ketones (excluding diaryl/α,β-unsaturated/α-hetero) is 1. The lowest BCUT2D eigenvalue weighted by Crippen LogP contribution is -2.50. The van der Waals surface area contributed by atoms with Crippen molar-refractivity contribution in [2.45, 2.75) is 78.2 Å². The Labute approximate surface area is 145 Å². The number of ketones is 1. The average Bonchev–Trinajstić information content (AvgIpc) is 2.83. The monoisotopic (exact) mass is 330 g/mol. The summed E-state index contributed by atoms with van der Waals surface area (Å²) in [6.45, 7) is 6.19. The van der Waals surface area contributed by atoms with E-state index in [1.54, 1.807) is 0 Å². The third-order valence-corrected chi connectivity index (χ3v) is 8.10. The molecule has 0 aromatic carbocycles. The minimum atomic E-state index is -0.157. The summed E-state index contributed by atoms with van der Waals surface area (Å²) in [6, 6.07) is 0. The van der Waals surface area contributed by atoms with E-state index in [2.05, 4.69) is 19.9 Å². The first-order valence-electron chi connectivity index (χ1n) is 9.74. The summed E-state index contributed by atoms with van der Waals surface area (Å²) in [7, 11) is 0. The van der Waals surface area contributed by atoms with E-state index >= 15 is 0 Å². The van der Waals surface area contributed by atoms with Crippen LogP contribution in [0.2, 0.25) is 0 Å². The zero-order valence-electron chi connectivity index (χ0n) is 15.3. The second kappa shape index (κ2) is 5.44. The number of carbonyl (C=O) groups excluding carboxylic acids is 2. The van der Waals surface area contributed by atoms with Crippen molar-refractivity contribution in [3.8, 4) is 0 Å². The van der Waals surface area contributed by atoms with Crippen molar-refractivity contribution in [1.82, 2.24) is 0 Å². The van der Waals surface area contributed by atoms with Gasteiger partial charge in [0.25, 0.3) is 0 Å². The predicted octanol–water partition coefficient (Wildman–Crippen LogP) is 4.45. The second-order valence-electron chi connectivity index (χ2n) is 9.15. The molecule has 132 valence electrons. The normalized spacial score (nSPS) is 47.3. The second-order valence-corrected chi connectivity index (χ2v) is 9.15. The zero-order chi connectivity index (χ0) is 17.1. The molecule has 4 rings (SSSR count). The summed E-state index contributed by atoms with van der Waals surface area (Å²) >= 11 is 0. The van der Waals surface area contributed by atoms with Crippen LogP contribution >= 0.6 is 0 Å². The van der Waals surface area contributed by atoms with Gasteiger partial charge >= 0.3 is 5.97 Å². The molecule has 0 saturated heterocycles. The van der Waals surface area contributed by atoms with Crippen LogP contribution in [-0.2, 0) is 14.3 Å². The van der Waals surface area contributed by atoms with Gasteiger partial charge in [-0.2, -0.15) is 0 Å². The molecule has 0 amide bonds. The first-order chi connectivity index (χ1) is 11.3. The van der Waals surface area contributed by atoms with Gasteiger partial charge in [-0.3, -0.25) is 9.59 Å². The SMILES string of the molecule is CC(=O)O[C@H]1CC[C@@]2(C)C(=CC[C@@H]3[C@H]2CC[C@]2(C)C(=O)CC[C@@H]32)C1. The van der Waals surface area contributed by atoms with Crippen LogP contribution < -0.4 is 0 Å². The zero-order valence-corrected chi connectivity index (χ0v) is 15.3. The molecule has 3 heteroatoms. The van der Waals surface area contributed by atoms with Crippen molar-refractivity contribution in [1.29, 1.82) is 0 Å². The van der Waals surface area contributed by atoms with Crippen LogP contribution in [0.25, 0.3) is 0 Å². The van der Waals surface area contributed by atoms with E-state index in [1.807, 2.05) is 0 Å². The molecule has 4 aliphatic carbocycles. The lowest BCUT2D eigenvalue weighted by atomic mass is 9.48. The molecule has 0 N–H and O–H groups in total. The maximum atomic E-state index is 12.4. The number of carbonyl (C=O) groups is 2. The van der Waals surface area contributed by atoms with Crippen LogP contribution in [0, 0.1) is 28.6 Å². The first-order valence-corrected chi connectivity index (χ1v) is 9.74. The van der Waals surface area contributed by atoms with Crippen molar-refractivity contribution in [3.63, 3.8) is 0 Å². The molecule has 4 aliphatic rings. The smallest absolute Gasteiger partial charge is 0.302 e. The number of rotatable bonds is 1. The van der Waals surface area contributed by atoms with E-state index in [1.165, 1.54) is 18.9 Å². The fourth-order valence-corrected chi connectivity index (χ4v) is 6.73. The van der Waals surface area contributed by atoms with E-state index in [9.17, 15) is 9.59 Å². The van der Waals surface area contributed by atoms with Gasteiger partial charge in [0.1, 0.15) is 11.9 Å². The highest BCUT2D eigenvalue weighted by Crippen LogP contribution is 2.64. The Morgan fingerprint density at radius 2 is 1.83 bits per heavy atom. The third-order valence-electron chi connectivity index (χ3n) is 8.10. The molecule has 3 nitrogen and oxygen atoms in total. The van der Waals surface area contributed by atoms with E-state index < -0.39 is 0 Å². The summed E-state index contributed by atoms with van der Waals surface area (Å²) in [4.78, 5) is 23.7. The largest absolute Gasteiger partial charge is 0.462 e. The van der Waals surface area contributed by atoms with Gasteiger partial charge < -0.3 is 4.74 Å². The summed E-state index contributed by atoms with van der Waals surface area (Å²) in [5, 5.41) is 0. The maximum absolute atomic E-state index is 12.4. The first kappa shape index (κ1) is 16.4. The van der Waals surface area contributed by atoms with Gasteiger partial charge in [0.2, 0.25) is 0 Å². The number of allylic oxidation sites excluding steroid dienone is 1. The third kappa shape index (κ3) is 2.23. The highest BCUT2D eigenvalue weighted by atomic mass is 16.5. The molecule has 6 atom stereocenters. The van der Waals surface area contributed by atoms with E-state index in [0.29, 0.717) is 23.5 Å². The van der Waals surface area contributed by atoms with Gasteiger partial charge in [0.05, 0.1) is 0 Å². The van der Waals surface area contributed by atoms with Gasteiger partial charge in [-0.05, 0) is 61.7 Å². The number of hydrogen-bond acceptors (Lipinski definition) is 3. The highest BCUT2D eigenvalue weighted by Gasteiger charge is 2.58. The molecule has 0 unspecified atom stereocenters. The molecule has 0 aliphatic heterocycles. The van der Waals surface area contributed by atoms with Crippen LogP contribution in [0.5, 0.6) is 0 Å². The van der Waals surface area contributed by atoms with Crippen molar-refractivity contribution in [2.75, 3.05) is 0 Å². The van der Waals surface area contributed by atoms with E-state index in [0.717, 1.165) is 44.9 Å². The molecular weight excluding hydrogens is 300 g/mol. The van der Waals surface area contributed by atoms with Crippen LogP contribution in [-0.4, -0.2) is 17.9 Å². The Kier molecular flexibility index (Phi) is 3.71. The van der Waals surface area contributed by atoms with Crippen molar-refractivity contribution in [2.24, 2.45) is 28.6 Å². The standard InChI is InChI=1S/C21H30O3/c1-13(22)24-15-8-10-20(2)14(12-15)4-5-16-17-6-7-19(23)21(17,3)11-9-18(16)20/h4,15-18H,5-12H2,1-3H3/t15-,16-,17-,18+,20-,21-/m0/s1. The number of fused-ring (bicyclic) bond motifs is 5. The number of ether oxygens (including phenoxy) is 1. The quantitative estimate of drug-likeness (QED) is 0.527. The molecular formula is C21H30O3. The maximum Gasteiger partial charge on any atom is 0.302 e. The summed E-state index contributed by atoms with van der Waals surface area (Å²) in [5.41, 5.74) is 1.74. The minimum Gasteiger partial charge on any atom is -0.462 e. The molecule has 0 heterocycles. The highest BCUT2D eigenvalue weighted by molar-refractivity contribution is 5.87. The molecule has 3 saturated carbocycles. The Morgan fingerprint density at radius 3 is 2.58 bits per heavy atom. The minimum absolute atomic E-state index is 0.0438. The summed E-state index contributed by atoms with van der Waals surface area (Å²) in [5.74, 6) is 2.33. The molecule has 0 bridgehead atoms. The summed E-state index contributed by atoms with van der Waals surface area (Å²) < 4.78 is 5.50. The summed E-state index contributed by atoms with van der Waals surface area (Å²) in [6.07, 6.45) is 10.8. The van der Waals surface area contributed by atoms with Gasteiger partial charge in [-0.15, -0.1) is 0 Å². The van der Waals surface area contributed by atoms with Crippen molar-refractivity contribution < 1.29 is 14.3 Å². The van der Waals surface area contributed by atoms with Crippen LogP contribution in [0.15, 0.2) is 11.6 Å². The lowest BCUT2D eigenvalue weighted by Gasteiger charge is -2.56. The Bertz CT molecular complexity index is 606. The molecule has 3 fully saturated rings. The molecule has 24 heavy (non-hydrogen) atoms. The molecule has 0 aromatic heterocycles. The van der Waals surface area contributed by atoms with Gasteiger partial charge in [-0.1, -0.05) is 25.5 Å². The van der Waals surface area contributed by atoms with Gasteiger partial charge in [-0.25, -0.2) is 0 Å². The average molecular weight is 330 g/mol. The Balaban J connectivity index is 1.60. The Morgan fingerprint density at radius 1 is 1.12 bits per heavy atom. The molecule has 0 spiro atoms. The van der Waals surface area contributed by atoms with Crippen molar-refractivity contribution in [3.05, 3.63) is 11.6 Å². The van der Waals surface area contributed by atoms with Crippen molar-refractivity contribution >= 4 is 11.8 Å². The fourth-order valence-electron chi connectivity index (χ4n) is 6.73.